The molecule has 0 saturated carbocycles. The third-order valence-corrected chi connectivity index (χ3v) is 3.95. The van der Waals surface area contributed by atoms with E-state index in [1.54, 1.807) is 13.0 Å². The van der Waals surface area contributed by atoms with Crippen LogP contribution >= 0.6 is 27.5 Å². The minimum absolute atomic E-state index is 0.0260. The zero-order valence-corrected chi connectivity index (χ0v) is 10.8. The number of benzene rings is 1. The molecule has 0 bridgehead atoms. The summed E-state index contributed by atoms with van der Waals surface area (Å²) in [7, 11) is 0. The summed E-state index contributed by atoms with van der Waals surface area (Å²) >= 11 is 9.02. The van der Waals surface area contributed by atoms with Crippen LogP contribution in [0.3, 0.4) is 0 Å². The van der Waals surface area contributed by atoms with Crippen molar-refractivity contribution in [2.24, 2.45) is 0 Å². The third-order valence-electron chi connectivity index (χ3n) is 2.28. The molecule has 1 nitrogen and oxygen atoms in total. The van der Waals surface area contributed by atoms with Crippen LogP contribution in [0.5, 0.6) is 0 Å². The Morgan fingerprint density at radius 3 is 2.67 bits per heavy atom. The van der Waals surface area contributed by atoms with E-state index >= 15 is 0 Å². The van der Waals surface area contributed by atoms with E-state index in [0.29, 0.717) is 10.6 Å². The first-order valence-corrected chi connectivity index (χ1v) is 5.82. The van der Waals surface area contributed by atoms with Crippen molar-refractivity contribution in [1.29, 1.82) is 0 Å². The first-order chi connectivity index (χ1) is 6.93. The van der Waals surface area contributed by atoms with E-state index in [2.05, 4.69) is 15.9 Å². The highest BCUT2D eigenvalue weighted by molar-refractivity contribution is 9.10. The van der Waals surface area contributed by atoms with Gasteiger partial charge in [0.2, 0.25) is 0 Å². The molecule has 0 heterocycles. The summed E-state index contributed by atoms with van der Waals surface area (Å²) in [6.45, 7) is 3.26. The lowest BCUT2D eigenvalue weighted by Gasteiger charge is -2.17. The van der Waals surface area contributed by atoms with Gasteiger partial charge < -0.3 is 0 Å². The molecule has 0 aliphatic carbocycles. The van der Waals surface area contributed by atoms with Crippen molar-refractivity contribution in [2.75, 3.05) is 0 Å². The molecule has 0 aliphatic rings. The topological polar surface area (TPSA) is 17.1 Å². The maximum absolute atomic E-state index is 13.5. The Morgan fingerprint density at radius 2 is 2.13 bits per heavy atom. The third kappa shape index (κ3) is 3.02. The highest BCUT2D eigenvalue weighted by Crippen LogP contribution is 2.29. The monoisotopic (exact) mass is 292 g/mol. The summed E-state index contributed by atoms with van der Waals surface area (Å²) in [5, 5.41) is 0.474. The van der Waals surface area contributed by atoms with Crippen molar-refractivity contribution in [3.8, 4) is 0 Å². The highest BCUT2D eigenvalue weighted by Gasteiger charge is 2.22. The van der Waals surface area contributed by atoms with Gasteiger partial charge in [-0.3, -0.25) is 4.79 Å². The number of alkyl halides is 1. The quantitative estimate of drug-likeness (QED) is 0.772. The van der Waals surface area contributed by atoms with Crippen LogP contribution in [0.25, 0.3) is 0 Å². The fraction of sp³-hybridized carbons (Fsp3) is 0.364. The van der Waals surface area contributed by atoms with Crippen LogP contribution in [-0.2, 0) is 4.79 Å². The van der Waals surface area contributed by atoms with Crippen LogP contribution in [0.15, 0.2) is 18.2 Å². The normalized spacial score (nSPS) is 14.7. The summed E-state index contributed by atoms with van der Waals surface area (Å²) in [5.41, 5.74) is 0.458. The van der Waals surface area contributed by atoms with Gasteiger partial charge in [0, 0.05) is 10.9 Å². The van der Waals surface area contributed by atoms with E-state index in [1.165, 1.54) is 19.1 Å². The number of hydrogen-bond acceptors (Lipinski definition) is 1. The van der Waals surface area contributed by atoms with E-state index in [9.17, 15) is 9.18 Å². The second kappa shape index (κ2) is 5.08. The minimum Gasteiger partial charge on any atom is -0.299 e. The minimum atomic E-state index is -0.384. The molecule has 0 saturated heterocycles. The Morgan fingerprint density at radius 1 is 1.53 bits per heavy atom. The molecule has 1 rings (SSSR count). The first-order valence-electron chi connectivity index (χ1n) is 4.53. The van der Waals surface area contributed by atoms with E-state index < -0.39 is 0 Å². The molecule has 0 spiro atoms. The molecular formula is C11H11BrClFO. The van der Waals surface area contributed by atoms with Gasteiger partial charge in [0.05, 0.1) is 4.83 Å². The summed E-state index contributed by atoms with van der Waals surface area (Å²) in [5.74, 6) is -0.597. The van der Waals surface area contributed by atoms with Gasteiger partial charge in [-0.2, -0.15) is 0 Å². The van der Waals surface area contributed by atoms with Gasteiger partial charge >= 0.3 is 0 Å². The van der Waals surface area contributed by atoms with Crippen molar-refractivity contribution in [2.45, 2.75) is 24.6 Å². The predicted octanol–water partition coefficient (Wildman–Crippen LogP) is 3.94. The molecule has 15 heavy (non-hydrogen) atoms. The Hall–Kier alpha value is -0.410. The highest BCUT2D eigenvalue weighted by atomic mass is 79.9. The lowest BCUT2D eigenvalue weighted by atomic mass is 9.95. The summed E-state index contributed by atoms with van der Waals surface area (Å²) in [6.07, 6.45) is 0. The number of carbonyl (C=O) groups is 1. The van der Waals surface area contributed by atoms with Crippen LogP contribution < -0.4 is 0 Å². The van der Waals surface area contributed by atoms with Crippen molar-refractivity contribution >= 4 is 33.3 Å². The van der Waals surface area contributed by atoms with Crippen LogP contribution in [0.4, 0.5) is 4.39 Å². The SMILES string of the molecule is CC(=O)C(Br)C(C)c1cc(Cl)ccc1F. The molecule has 82 valence electrons. The van der Waals surface area contributed by atoms with E-state index in [4.69, 9.17) is 11.6 Å². The number of rotatable bonds is 3. The largest absolute Gasteiger partial charge is 0.299 e. The smallest absolute Gasteiger partial charge is 0.144 e. The number of ketones is 1. The fourth-order valence-electron chi connectivity index (χ4n) is 1.37. The molecule has 0 aromatic heterocycles. The molecule has 0 N–H and O–H groups in total. The Kier molecular flexibility index (Phi) is 4.29. The Labute approximate surface area is 102 Å². The predicted molar refractivity (Wildman–Crippen MR) is 63.2 cm³/mol. The van der Waals surface area contributed by atoms with Crippen LogP contribution in [0.2, 0.25) is 5.02 Å². The van der Waals surface area contributed by atoms with Crippen LogP contribution in [-0.4, -0.2) is 10.6 Å². The van der Waals surface area contributed by atoms with Gasteiger partial charge in [0.15, 0.2) is 0 Å². The molecule has 0 aliphatic heterocycles. The number of carbonyl (C=O) groups excluding carboxylic acids is 1. The van der Waals surface area contributed by atoms with Crippen molar-refractivity contribution in [1.82, 2.24) is 0 Å². The summed E-state index contributed by atoms with van der Waals surface area (Å²) < 4.78 is 13.5. The molecule has 2 atom stereocenters. The lowest BCUT2D eigenvalue weighted by Crippen LogP contribution is -2.18. The first kappa shape index (κ1) is 12.7. The molecular weight excluding hydrogens is 282 g/mol. The molecule has 1 aromatic carbocycles. The fourth-order valence-corrected chi connectivity index (χ4v) is 1.84. The van der Waals surface area contributed by atoms with Crippen molar-refractivity contribution in [3.63, 3.8) is 0 Å². The summed E-state index contributed by atoms with van der Waals surface area (Å²) in [6, 6.07) is 4.36. The van der Waals surface area contributed by atoms with Crippen LogP contribution in [0, 0.1) is 5.82 Å². The number of hydrogen-bond donors (Lipinski definition) is 0. The standard InChI is InChI=1S/C11H11BrClFO/c1-6(11(12)7(2)15)9-5-8(13)3-4-10(9)14/h3-6,11H,1-2H3. The van der Waals surface area contributed by atoms with E-state index in [-0.39, 0.29) is 22.3 Å². The zero-order chi connectivity index (χ0) is 11.6. The van der Waals surface area contributed by atoms with Gasteiger partial charge in [0.25, 0.3) is 0 Å². The Bertz CT molecular complexity index is 381. The molecule has 0 amide bonds. The average molecular weight is 294 g/mol. The molecule has 2 unspecified atom stereocenters. The van der Waals surface area contributed by atoms with Gasteiger partial charge in [0.1, 0.15) is 11.6 Å². The summed E-state index contributed by atoms with van der Waals surface area (Å²) in [4.78, 5) is 10.8. The second-order valence-corrected chi connectivity index (χ2v) is 4.89. The van der Waals surface area contributed by atoms with Gasteiger partial charge in [-0.05, 0) is 30.7 Å². The van der Waals surface area contributed by atoms with Crippen LogP contribution in [0.1, 0.15) is 25.3 Å². The van der Waals surface area contributed by atoms with Crippen molar-refractivity contribution < 1.29 is 9.18 Å². The molecule has 4 heteroatoms. The molecule has 0 fully saturated rings. The second-order valence-electron chi connectivity index (χ2n) is 3.47. The maximum atomic E-state index is 13.5. The zero-order valence-electron chi connectivity index (χ0n) is 8.43. The van der Waals surface area contributed by atoms with E-state index in [1.807, 2.05) is 0 Å². The average Bonchev–Trinajstić information content (AvgIpc) is 2.19. The van der Waals surface area contributed by atoms with E-state index in [0.717, 1.165) is 0 Å². The van der Waals surface area contributed by atoms with Crippen molar-refractivity contribution in [3.05, 3.63) is 34.6 Å². The number of Topliss-reactive ketones (excluding diaryl/α,β-unsaturated/α-hetero) is 1. The Balaban J connectivity index is 3.04. The van der Waals surface area contributed by atoms with Gasteiger partial charge in [-0.15, -0.1) is 0 Å². The molecule has 1 aromatic rings. The van der Waals surface area contributed by atoms with Gasteiger partial charge in [-0.1, -0.05) is 34.5 Å². The maximum Gasteiger partial charge on any atom is 0.144 e. The number of halogens is 3. The van der Waals surface area contributed by atoms with Gasteiger partial charge in [-0.25, -0.2) is 4.39 Å². The molecule has 0 radical (unpaired) electrons. The lowest BCUT2D eigenvalue weighted by molar-refractivity contribution is -0.116.